The summed E-state index contributed by atoms with van der Waals surface area (Å²) in [4.78, 5) is 39.5. The number of nitrogens with one attached hydrogen (secondary N) is 1. The highest BCUT2D eigenvalue weighted by atomic mass is 19.4. The van der Waals surface area contributed by atoms with Crippen molar-refractivity contribution in [2.24, 2.45) is 0 Å². The molecule has 174 valence electrons. The molecule has 0 aliphatic carbocycles. The van der Waals surface area contributed by atoms with Crippen LogP contribution in [0.2, 0.25) is 0 Å². The van der Waals surface area contributed by atoms with Gasteiger partial charge in [0.2, 0.25) is 11.8 Å². The molecule has 2 aromatic carbocycles. The molecule has 1 fully saturated rings. The highest BCUT2D eigenvalue weighted by molar-refractivity contribution is 6.00. The smallest absolute Gasteiger partial charge is 0.406 e. The van der Waals surface area contributed by atoms with E-state index in [-0.39, 0.29) is 43.6 Å². The number of ether oxygens (including phenoxy) is 1. The molecular weight excluding hydrogens is 443 g/mol. The number of benzene rings is 2. The van der Waals surface area contributed by atoms with Crippen molar-refractivity contribution in [3.8, 4) is 5.75 Å². The number of alkyl halides is 3. The second kappa shape index (κ2) is 10.2. The molecule has 0 aromatic heterocycles. The summed E-state index contributed by atoms with van der Waals surface area (Å²) in [5.41, 5.74) is 3.11. The van der Waals surface area contributed by atoms with E-state index >= 15 is 0 Å². The number of halogens is 3. The van der Waals surface area contributed by atoms with Crippen LogP contribution in [0.25, 0.3) is 6.08 Å². The second-order valence-electron chi connectivity index (χ2n) is 7.10. The number of amides is 3. The highest BCUT2D eigenvalue weighted by Gasteiger charge is 2.31. The Kier molecular flexibility index (Phi) is 7.34. The summed E-state index contributed by atoms with van der Waals surface area (Å²) < 4.78 is 40.6. The summed E-state index contributed by atoms with van der Waals surface area (Å²) in [6.45, 7) is 0.318. The van der Waals surface area contributed by atoms with Gasteiger partial charge in [-0.05, 0) is 35.4 Å². The summed E-state index contributed by atoms with van der Waals surface area (Å²) >= 11 is 0. The van der Waals surface area contributed by atoms with E-state index in [0.717, 1.165) is 18.2 Å². The molecule has 1 saturated heterocycles. The largest absolute Gasteiger partial charge is 0.573 e. The van der Waals surface area contributed by atoms with Gasteiger partial charge in [-0.2, -0.15) is 0 Å². The van der Waals surface area contributed by atoms with Crippen molar-refractivity contribution >= 4 is 29.5 Å². The van der Waals surface area contributed by atoms with Gasteiger partial charge in [0.1, 0.15) is 12.3 Å². The van der Waals surface area contributed by atoms with E-state index in [9.17, 15) is 27.6 Å². The summed E-state index contributed by atoms with van der Waals surface area (Å²) in [7, 11) is 0. The monoisotopic (exact) mass is 463 g/mol. The van der Waals surface area contributed by atoms with Gasteiger partial charge in [0, 0.05) is 19.2 Å². The third-order valence-corrected chi connectivity index (χ3v) is 4.84. The number of anilines is 1. The fourth-order valence-electron chi connectivity index (χ4n) is 3.31. The highest BCUT2D eigenvalue weighted by Crippen LogP contribution is 2.25. The first-order valence-electron chi connectivity index (χ1n) is 9.80. The van der Waals surface area contributed by atoms with E-state index in [0.29, 0.717) is 16.8 Å². The molecule has 1 aliphatic rings. The van der Waals surface area contributed by atoms with Crippen molar-refractivity contribution in [2.75, 3.05) is 24.5 Å². The maximum atomic E-state index is 12.8. The molecule has 1 aliphatic heterocycles. The Bertz CT molecular complexity index is 1050. The molecule has 0 radical (unpaired) electrons. The molecule has 11 heteroatoms. The van der Waals surface area contributed by atoms with Gasteiger partial charge in [0.25, 0.3) is 5.91 Å². The maximum Gasteiger partial charge on any atom is 0.573 e. The standard InChI is InChI=1S/C22H20F3N3O5/c23-22(24,25)33-17-8-5-15(6-9-17)13-20(30)27-11-12-28(21(31)14-27)18-4-2-1-3-16(18)7-10-19(29)26-32/h1-10,32H,11-14H2,(H,26,29)/b10-7+. The lowest BCUT2D eigenvalue weighted by Gasteiger charge is -2.35. The molecule has 0 saturated carbocycles. The molecular formula is C22H20F3N3O5. The van der Waals surface area contributed by atoms with Crippen molar-refractivity contribution in [1.29, 1.82) is 0 Å². The van der Waals surface area contributed by atoms with Crippen LogP contribution in [0.1, 0.15) is 11.1 Å². The summed E-state index contributed by atoms with van der Waals surface area (Å²) in [5.74, 6) is -1.76. The molecule has 1 heterocycles. The molecule has 0 atom stereocenters. The average molecular weight is 463 g/mol. The van der Waals surface area contributed by atoms with Gasteiger partial charge in [0.15, 0.2) is 0 Å². The van der Waals surface area contributed by atoms with Crippen LogP contribution in [-0.4, -0.2) is 53.8 Å². The van der Waals surface area contributed by atoms with Crippen LogP contribution in [0.5, 0.6) is 5.75 Å². The first kappa shape index (κ1) is 23.8. The summed E-state index contributed by atoms with van der Waals surface area (Å²) in [6, 6.07) is 11.8. The van der Waals surface area contributed by atoms with Gasteiger partial charge >= 0.3 is 6.36 Å². The molecule has 2 aromatic rings. The minimum absolute atomic E-state index is 0.0742. The molecule has 33 heavy (non-hydrogen) atoms. The topological polar surface area (TPSA) is 99.2 Å². The third kappa shape index (κ3) is 6.56. The molecule has 3 amide bonds. The van der Waals surface area contributed by atoms with Crippen molar-refractivity contribution in [3.63, 3.8) is 0 Å². The fraction of sp³-hybridized carbons (Fsp3) is 0.227. The van der Waals surface area contributed by atoms with Gasteiger partial charge in [-0.15, -0.1) is 13.2 Å². The van der Waals surface area contributed by atoms with E-state index < -0.39 is 12.3 Å². The fourth-order valence-corrected chi connectivity index (χ4v) is 3.31. The number of carbonyl (C=O) groups excluding carboxylic acids is 3. The zero-order valence-corrected chi connectivity index (χ0v) is 17.2. The Morgan fingerprint density at radius 3 is 2.42 bits per heavy atom. The number of hydroxylamine groups is 1. The lowest BCUT2D eigenvalue weighted by Crippen LogP contribution is -2.53. The van der Waals surface area contributed by atoms with Gasteiger partial charge in [-0.1, -0.05) is 30.3 Å². The minimum atomic E-state index is -4.79. The Morgan fingerprint density at radius 1 is 1.09 bits per heavy atom. The SMILES string of the molecule is O=C(/C=C/c1ccccc1N1CCN(C(=O)Cc2ccc(OC(F)(F)F)cc2)CC1=O)NO. The molecule has 0 bridgehead atoms. The zero-order valence-electron chi connectivity index (χ0n) is 17.2. The Hall–Kier alpha value is -3.86. The number of carbonyl (C=O) groups is 3. The summed E-state index contributed by atoms with van der Waals surface area (Å²) in [5, 5.41) is 8.61. The van der Waals surface area contributed by atoms with Gasteiger partial charge in [-0.25, -0.2) is 5.48 Å². The molecule has 2 N–H and O–H groups in total. The minimum Gasteiger partial charge on any atom is -0.406 e. The Morgan fingerprint density at radius 2 is 1.79 bits per heavy atom. The van der Waals surface area contributed by atoms with Gasteiger partial charge in [-0.3, -0.25) is 19.6 Å². The van der Waals surface area contributed by atoms with Crippen LogP contribution in [0.15, 0.2) is 54.6 Å². The first-order valence-corrected chi connectivity index (χ1v) is 9.80. The predicted octanol–water partition coefficient (Wildman–Crippen LogP) is 2.52. The second-order valence-corrected chi connectivity index (χ2v) is 7.10. The van der Waals surface area contributed by atoms with E-state index in [1.165, 1.54) is 33.5 Å². The maximum absolute atomic E-state index is 12.8. The molecule has 3 rings (SSSR count). The number of rotatable bonds is 6. The Labute approximate surface area is 186 Å². The average Bonchev–Trinajstić information content (AvgIpc) is 2.78. The lowest BCUT2D eigenvalue weighted by molar-refractivity contribution is -0.274. The van der Waals surface area contributed by atoms with Crippen LogP contribution in [0.3, 0.4) is 0 Å². The van der Waals surface area contributed by atoms with Gasteiger partial charge in [0.05, 0.1) is 12.1 Å². The number of piperazine rings is 1. The lowest BCUT2D eigenvalue weighted by atomic mass is 10.1. The molecule has 0 unspecified atom stereocenters. The third-order valence-electron chi connectivity index (χ3n) is 4.84. The predicted molar refractivity (Wildman–Crippen MR) is 111 cm³/mol. The number of para-hydroxylation sites is 1. The van der Waals surface area contributed by atoms with E-state index in [1.807, 2.05) is 0 Å². The van der Waals surface area contributed by atoms with Crippen molar-refractivity contribution in [3.05, 3.63) is 65.7 Å². The van der Waals surface area contributed by atoms with Crippen molar-refractivity contribution in [2.45, 2.75) is 12.8 Å². The number of nitrogens with zero attached hydrogens (tertiary/aromatic N) is 2. The number of hydrogen-bond acceptors (Lipinski definition) is 5. The molecule has 8 nitrogen and oxygen atoms in total. The quantitative estimate of drug-likeness (QED) is 0.390. The molecule has 0 spiro atoms. The first-order chi connectivity index (χ1) is 15.7. The summed E-state index contributed by atoms with van der Waals surface area (Å²) in [6.07, 6.45) is -2.29. The van der Waals surface area contributed by atoms with Crippen LogP contribution in [0, 0.1) is 0 Å². The Balaban J connectivity index is 1.63. The zero-order chi connectivity index (χ0) is 24.0. The van der Waals surface area contributed by atoms with Gasteiger partial charge < -0.3 is 14.5 Å². The van der Waals surface area contributed by atoms with Crippen LogP contribution in [-0.2, 0) is 20.8 Å². The van der Waals surface area contributed by atoms with E-state index in [2.05, 4.69) is 4.74 Å². The number of hydrogen-bond donors (Lipinski definition) is 2. The van der Waals surface area contributed by atoms with E-state index in [4.69, 9.17) is 5.21 Å². The van der Waals surface area contributed by atoms with Crippen LogP contribution >= 0.6 is 0 Å². The van der Waals surface area contributed by atoms with E-state index in [1.54, 1.807) is 24.3 Å². The van der Waals surface area contributed by atoms with Crippen LogP contribution in [0.4, 0.5) is 18.9 Å². The normalized spacial score (nSPS) is 14.5. The van der Waals surface area contributed by atoms with Crippen molar-refractivity contribution in [1.82, 2.24) is 10.4 Å². The van der Waals surface area contributed by atoms with Crippen LogP contribution < -0.4 is 15.1 Å². The van der Waals surface area contributed by atoms with Crippen molar-refractivity contribution < 1.29 is 37.5 Å².